The minimum absolute atomic E-state index is 0.0368. The average molecular weight is 203 g/mol. The largest absolute Gasteiger partial charge is 0.351 e. The summed E-state index contributed by atoms with van der Waals surface area (Å²) in [6.07, 6.45) is 2.54. The van der Waals surface area contributed by atoms with Gasteiger partial charge < -0.3 is 5.32 Å². The predicted molar refractivity (Wildman–Crippen MR) is 60.7 cm³/mol. The van der Waals surface area contributed by atoms with Crippen molar-refractivity contribution in [3.63, 3.8) is 0 Å². The number of aryl methyl sites for hydroxylation is 1. The predicted octanol–water partition coefficient (Wildman–Crippen LogP) is 2.21. The highest BCUT2D eigenvalue weighted by Crippen LogP contribution is 2.24. The van der Waals surface area contributed by atoms with Gasteiger partial charge in [0.25, 0.3) is 0 Å². The van der Waals surface area contributed by atoms with E-state index in [2.05, 4.69) is 43.4 Å². The van der Waals surface area contributed by atoms with Gasteiger partial charge in [-0.1, -0.05) is 29.8 Å². The zero-order chi connectivity index (χ0) is 10.9. The van der Waals surface area contributed by atoms with Gasteiger partial charge >= 0.3 is 0 Å². The zero-order valence-electron chi connectivity index (χ0n) is 9.34. The summed E-state index contributed by atoms with van der Waals surface area (Å²) in [6, 6.07) is 8.49. The molecule has 0 spiro atoms. The summed E-state index contributed by atoms with van der Waals surface area (Å²) in [6.45, 7) is 4.22. The van der Waals surface area contributed by atoms with E-state index in [0.717, 1.165) is 12.8 Å². The Balaban J connectivity index is 2.11. The Bertz CT molecular complexity index is 386. The molecule has 1 N–H and O–H groups in total. The van der Waals surface area contributed by atoms with Crippen molar-refractivity contribution in [3.05, 3.63) is 35.4 Å². The molecular formula is C13H17NO. The molecule has 1 saturated heterocycles. The van der Waals surface area contributed by atoms with Crippen LogP contribution in [0, 0.1) is 6.92 Å². The van der Waals surface area contributed by atoms with Crippen LogP contribution in [-0.2, 0) is 11.2 Å². The molecule has 2 nitrogen and oxygen atoms in total. The Morgan fingerprint density at radius 3 is 2.87 bits per heavy atom. The number of rotatable bonds is 2. The minimum Gasteiger partial charge on any atom is -0.351 e. The van der Waals surface area contributed by atoms with E-state index >= 15 is 0 Å². The van der Waals surface area contributed by atoms with Crippen LogP contribution >= 0.6 is 0 Å². The van der Waals surface area contributed by atoms with E-state index in [4.69, 9.17) is 0 Å². The van der Waals surface area contributed by atoms with Gasteiger partial charge in [0.2, 0.25) is 5.91 Å². The third kappa shape index (κ3) is 2.38. The van der Waals surface area contributed by atoms with Crippen molar-refractivity contribution in [2.75, 3.05) is 0 Å². The molecular weight excluding hydrogens is 186 g/mol. The monoisotopic (exact) mass is 203 g/mol. The third-order valence-corrected chi connectivity index (χ3v) is 3.02. The SMILES string of the molecule is Cc1cccc(CC2(C)CCC(=O)N2)c1. The quantitative estimate of drug-likeness (QED) is 0.784. The molecule has 0 saturated carbocycles. The summed E-state index contributed by atoms with van der Waals surface area (Å²) < 4.78 is 0. The van der Waals surface area contributed by atoms with Gasteiger partial charge in [0.1, 0.15) is 0 Å². The van der Waals surface area contributed by atoms with E-state index in [1.165, 1.54) is 11.1 Å². The molecule has 2 rings (SSSR count). The molecule has 0 radical (unpaired) electrons. The highest BCUT2D eigenvalue weighted by Gasteiger charge is 2.32. The van der Waals surface area contributed by atoms with Gasteiger partial charge in [-0.3, -0.25) is 4.79 Å². The van der Waals surface area contributed by atoms with Gasteiger partial charge in [-0.25, -0.2) is 0 Å². The molecule has 1 heterocycles. The molecule has 80 valence electrons. The lowest BCUT2D eigenvalue weighted by Crippen LogP contribution is -2.40. The maximum Gasteiger partial charge on any atom is 0.220 e. The molecule has 1 aliphatic heterocycles. The van der Waals surface area contributed by atoms with Gasteiger partial charge in [0, 0.05) is 12.0 Å². The van der Waals surface area contributed by atoms with Crippen molar-refractivity contribution in [3.8, 4) is 0 Å². The third-order valence-electron chi connectivity index (χ3n) is 3.02. The number of nitrogens with one attached hydrogen (secondary N) is 1. The van der Waals surface area contributed by atoms with Crippen molar-refractivity contribution in [1.82, 2.24) is 5.32 Å². The molecule has 15 heavy (non-hydrogen) atoms. The number of carbonyl (C=O) groups excluding carboxylic acids is 1. The maximum atomic E-state index is 11.2. The summed E-state index contributed by atoms with van der Waals surface area (Å²) in [5.74, 6) is 0.185. The summed E-state index contributed by atoms with van der Waals surface area (Å²) in [4.78, 5) is 11.2. The Morgan fingerprint density at radius 2 is 2.27 bits per heavy atom. The Morgan fingerprint density at radius 1 is 1.47 bits per heavy atom. The lowest BCUT2D eigenvalue weighted by atomic mass is 9.91. The van der Waals surface area contributed by atoms with E-state index in [0.29, 0.717) is 6.42 Å². The molecule has 0 aliphatic carbocycles. The molecule has 1 unspecified atom stereocenters. The second-order valence-corrected chi connectivity index (χ2v) is 4.77. The van der Waals surface area contributed by atoms with Crippen molar-refractivity contribution in [2.24, 2.45) is 0 Å². The number of carbonyl (C=O) groups is 1. The van der Waals surface area contributed by atoms with Crippen molar-refractivity contribution in [1.29, 1.82) is 0 Å². The van der Waals surface area contributed by atoms with Crippen LogP contribution in [0.4, 0.5) is 0 Å². The molecule has 0 aromatic heterocycles. The molecule has 1 aromatic carbocycles. The second kappa shape index (κ2) is 3.69. The first-order valence-corrected chi connectivity index (χ1v) is 5.44. The van der Waals surface area contributed by atoms with Crippen molar-refractivity contribution in [2.45, 2.75) is 38.6 Å². The summed E-state index contributed by atoms with van der Waals surface area (Å²) in [5, 5.41) is 3.06. The fourth-order valence-corrected chi connectivity index (χ4v) is 2.26. The van der Waals surface area contributed by atoms with Gasteiger partial charge in [-0.2, -0.15) is 0 Å². The van der Waals surface area contributed by atoms with Crippen LogP contribution in [0.2, 0.25) is 0 Å². The van der Waals surface area contributed by atoms with Gasteiger partial charge in [0.15, 0.2) is 0 Å². The normalized spacial score (nSPS) is 25.3. The highest BCUT2D eigenvalue weighted by molar-refractivity contribution is 5.79. The number of amides is 1. The van der Waals surface area contributed by atoms with E-state index in [9.17, 15) is 4.79 Å². The number of hydrogen-bond donors (Lipinski definition) is 1. The standard InChI is InChI=1S/C13H17NO/c1-10-4-3-5-11(8-10)9-13(2)7-6-12(15)14-13/h3-5,8H,6-7,9H2,1-2H3,(H,14,15). The topological polar surface area (TPSA) is 29.1 Å². The highest BCUT2D eigenvalue weighted by atomic mass is 16.2. The first-order valence-electron chi connectivity index (χ1n) is 5.44. The van der Waals surface area contributed by atoms with Crippen LogP contribution in [0.1, 0.15) is 30.9 Å². The van der Waals surface area contributed by atoms with Crippen molar-refractivity contribution >= 4 is 5.91 Å². The van der Waals surface area contributed by atoms with Gasteiger partial charge in [-0.05, 0) is 32.3 Å². The molecule has 1 atom stereocenters. The van der Waals surface area contributed by atoms with Crippen LogP contribution in [-0.4, -0.2) is 11.4 Å². The van der Waals surface area contributed by atoms with Gasteiger partial charge in [0.05, 0.1) is 0 Å². The summed E-state index contributed by atoms with van der Waals surface area (Å²) in [7, 11) is 0. The first-order chi connectivity index (χ1) is 7.07. The molecule has 1 fully saturated rings. The summed E-state index contributed by atoms with van der Waals surface area (Å²) in [5.41, 5.74) is 2.55. The van der Waals surface area contributed by atoms with Crippen LogP contribution in [0.3, 0.4) is 0 Å². The number of hydrogen-bond acceptors (Lipinski definition) is 1. The average Bonchev–Trinajstić information content (AvgIpc) is 2.45. The van der Waals surface area contributed by atoms with E-state index in [-0.39, 0.29) is 11.4 Å². The molecule has 1 amide bonds. The zero-order valence-corrected chi connectivity index (χ0v) is 9.34. The van der Waals surface area contributed by atoms with E-state index < -0.39 is 0 Å². The molecule has 2 heteroatoms. The van der Waals surface area contributed by atoms with Crippen LogP contribution in [0.15, 0.2) is 24.3 Å². The van der Waals surface area contributed by atoms with Crippen LogP contribution in [0.25, 0.3) is 0 Å². The molecule has 0 bridgehead atoms. The Labute approximate surface area is 90.7 Å². The molecule has 1 aliphatic rings. The van der Waals surface area contributed by atoms with Crippen LogP contribution < -0.4 is 5.32 Å². The number of benzene rings is 1. The fraction of sp³-hybridized carbons (Fsp3) is 0.462. The van der Waals surface area contributed by atoms with Crippen LogP contribution in [0.5, 0.6) is 0 Å². The maximum absolute atomic E-state index is 11.2. The second-order valence-electron chi connectivity index (χ2n) is 4.77. The Kier molecular flexibility index (Phi) is 2.51. The fourth-order valence-electron chi connectivity index (χ4n) is 2.26. The summed E-state index contributed by atoms with van der Waals surface area (Å²) >= 11 is 0. The molecule has 1 aromatic rings. The van der Waals surface area contributed by atoms with E-state index in [1.54, 1.807) is 0 Å². The van der Waals surface area contributed by atoms with Gasteiger partial charge in [-0.15, -0.1) is 0 Å². The lowest BCUT2D eigenvalue weighted by molar-refractivity contribution is -0.119. The first kappa shape index (κ1) is 10.2. The Hall–Kier alpha value is -1.31. The lowest BCUT2D eigenvalue weighted by Gasteiger charge is -2.24. The smallest absolute Gasteiger partial charge is 0.220 e. The van der Waals surface area contributed by atoms with E-state index in [1.807, 2.05) is 0 Å². The van der Waals surface area contributed by atoms with Crippen molar-refractivity contribution < 1.29 is 4.79 Å². The minimum atomic E-state index is -0.0368.